The molecule has 3 saturated heterocycles. The number of carbonyl (C=O) groups excluding carboxylic acids is 2. The summed E-state index contributed by atoms with van der Waals surface area (Å²) < 4.78 is 16.5. The molecule has 1 amide bonds. The molecule has 0 N–H and O–H groups in total. The van der Waals surface area contributed by atoms with Crippen molar-refractivity contribution in [3.8, 4) is 0 Å². The number of carbonyl (C=O) groups is 2. The van der Waals surface area contributed by atoms with E-state index >= 15 is 0 Å². The summed E-state index contributed by atoms with van der Waals surface area (Å²) in [6, 6.07) is 0. The molecule has 4 rings (SSSR count). The lowest BCUT2D eigenvalue weighted by Gasteiger charge is -2.36. The minimum Gasteiger partial charge on any atom is -0.469 e. The minimum atomic E-state index is -0.791. The number of hydrogen-bond donors (Lipinski definition) is 0. The van der Waals surface area contributed by atoms with Gasteiger partial charge in [-0.3, -0.25) is 9.59 Å². The van der Waals surface area contributed by atoms with Crippen LogP contribution in [0.4, 0.5) is 0 Å². The average Bonchev–Trinajstić information content (AvgIpc) is 3.08. The first kappa shape index (κ1) is 11.4. The highest BCUT2D eigenvalue weighted by Crippen LogP contribution is 2.55. The highest BCUT2D eigenvalue weighted by atomic mass is 16.6. The molecule has 4 heterocycles. The van der Waals surface area contributed by atoms with E-state index < -0.39 is 23.7 Å². The zero-order valence-corrected chi connectivity index (χ0v) is 10.6. The smallest absolute Gasteiger partial charge is 0.312 e. The number of amides is 1. The van der Waals surface area contributed by atoms with Crippen molar-refractivity contribution in [2.45, 2.75) is 24.4 Å². The van der Waals surface area contributed by atoms with Crippen LogP contribution >= 0.6 is 0 Å². The largest absolute Gasteiger partial charge is 0.469 e. The molecule has 3 fully saturated rings. The maximum absolute atomic E-state index is 12.6. The fraction of sp³-hybridized carbons (Fsp3) is 0.692. The fourth-order valence-corrected chi connectivity index (χ4v) is 3.86. The van der Waals surface area contributed by atoms with Gasteiger partial charge in [0, 0.05) is 6.54 Å². The van der Waals surface area contributed by atoms with Gasteiger partial charge >= 0.3 is 5.97 Å². The lowest BCUT2D eigenvalue weighted by Crippen LogP contribution is -2.49. The van der Waals surface area contributed by atoms with Crippen LogP contribution in [0.5, 0.6) is 0 Å². The van der Waals surface area contributed by atoms with Crippen molar-refractivity contribution in [1.82, 2.24) is 4.90 Å². The van der Waals surface area contributed by atoms with Crippen molar-refractivity contribution in [1.29, 1.82) is 0 Å². The topological polar surface area (TPSA) is 65.1 Å². The Labute approximate surface area is 110 Å². The van der Waals surface area contributed by atoms with Gasteiger partial charge in [0.15, 0.2) is 6.23 Å². The highest BCUT2D eigenvalue weighted by Gasteiger charge is 2.72. The lowest BCUT2D eigenvalue weighted by atomic mass is 9.76. The molecule has 6 heteroatoms. The van der Waals surface area contributed by atoms with Crippen LogP contribution in [0.15, 0.2) is 12.2 Å². The zero-order valence-electron chi connectivity index (χ0n) is 10.6. The second kappa shape index (κ2) is 3.58. The van der Waals surface area contributed by atoms with Crippen molar-refractivity contribution in [2.75, 3.05) is 20.3 Å². The predicted octanol–water partition coefficient (Wildman–Crippen LogP) is -0.312. The van der Waals surface area contributed by atoms with Gasteiger partial charge in [-0.1, -0.05) is 6.08 Å². The van der Waals surface area contributed by atoms with Gasteiger partial charge in [-0.15, -0.1) is 0 Å². The maximum atomic E-state index is 12.6. The highest BCUT2D eigenvalue weighted by molar-refractivity contribution is 5.91. The van der Waals surface area contributed by atoms with Crippen molar-refractivity contribution in [3.63, 3.8) is 0 Å². The summed E-state index contributed by atoms with van der Waals surface area (Å²) >= 11 is 0. The summed E-state index contributed by atoms with van der Waals surface area (Å²) in [5, 5.41) is 0. The number of ether oxygens (including phenoxy) is 3. The molecule has 0 radical (unpaired) electrons. The summed E-state index contributed by atoms with van der Waals surface area (Å²) in [5.41, 5.74) is -0.791. The molecule has 19 heavy (non-hydrogen) atoms. The number of nitrogens with zero attached hydrogens (tertiary/aromatic N) is 1. The van der Waals surface area contributed by atoms with E-state index in [1.807, 2.05) is 12.2 Å². The lowest BCUT2D eigenvalue weighted by molar-refractivity contribution is -0.168. The van der Waals surface area contributed by atoms with Gasteiger partial charge in [-0.25, -0.2) is 0 Å². The molecule has 4 aliphatic rings. The Morgan fingerprint density at radius 2 is 2.42 bits per heavy atom. The Bertz CT molecular complexity index is 489. The van der Waals surface area contributed by atoms with Gasteiger partial charge < -0.3 is 19.1 Å². The van der Waals surface area contributed by atoms with E-state index in [-0.39, 0.29) is 18.0 Å². The molecule has 0 aliphatic carbocycles. The second-order valence-corrected chi connectivity index (χ2v) is 5.43. The molecule has 5 atom stereocenters. The van der Waals surface area contributed by atoms with E-state index in [1.165, 1.54) is 7.11 Å². The molecule has 0 aromatic heterocycles. The van der Waals surface area contributed by atoms with Crippen LogP contribution in [0.25, 0.3) is 0 Å². The van der Waals surface area contributed by atoms with Gasteiger partial charge in [0.2, 0.25) is 5.91 Å². The molecule has 0 unspecified atom stereocenters. The van der Waals surface area contributed by atoms with E-state index in [9.17, 15) is 9.59 Å². The Morgan fingerprint density at radius 1 is 1.58 bits per heavy atom. The summed E-state index contributed by atoms with van der Waals surface area (Å²) in [6.45, 7) is 1.28. The molecule has 6 nitrogen and oxygen atoms in total. The summed E-state index contributed by atoms with van der Waals surface area (Å²) in [4.78, 5) is 26.2. The van der Waals surface area contributed by atoms with Gasteiger partial charge in [0.05, 0.1) is 25.7 Å². The predicted molar refractivity (Wildman–Crippen MR) is 61.8 cm³/mol. The zero-order chi connectivity index (χ0) is 13.2. The third kappa shape index (κ3) is 1.19. The molecule has 0 aromatic carbocycles. The van der Waals surface area contributed by atoms with Gasteiger partial charge in [-0.2, -0.15) is 0 Å². The van der Waals surface area contributed by atoms with Crippen LogP contribution in [0.2, 0.25) is 0 Å². The van der Waals surface area contributed by atoms with E-state index in [0.29, 0.717) is 13.2 Å². The summed E-state index contributed by atoms with van der Waals surface area (Å²) in [6.07, 6.45) is 3.81. The van der Waals surface area contributed by atoms with Crippen LogP contribution in [0, 0.1) is 11.8 Å². The van der Waals surface area contributed by atoms with Gasteiger partial charge in [0.25, 0.3) is 0 Å². The summed E-state index contributed by atoms with van der Waals surface area (Å²) in [5.74, 6) is -1.48. The number of methoxy groups -OCH3 is 1. The molecule has 2 bridgehead atoms. The van der Waals surface area contributed by atoms with Crippen LogP contribution in [0.1, 0.15) is 6.42 Å². The van der Waals surface area contributed by atoms with Gasteiger partial charge in [-0.05, 0) is 12.5 Å². The van der Waals surface area contributed by atoms with E-state index in [0.717, 1.165) is 6.42 Å². The third-order valence-corrected chi connectivity index (χ3v) is 4.60. The first-order chi connectivity index (χ1) is 9.19. The number of fused-ring (bicyclic) bond motifs is 2. The molecule has 1 spiro atoms. The first-order valence-electron chi connectivity index (χ1n) is 6.56. The number of rotatable bonds is 1. The third-order valence-electron chi connectivity index (χ3n) is 4.60. The van der Waals surface area contributed by atoms with Crippen molar-refractivity contribution < 1.29 is 23.8 Å². The second-order valence-electron chi connectivity index (χ2n) is 5.43. The normalized spacial score (nSPS) is 46.4. The van der Waals surface area contributed by atoms with Crippen LogP contribution in [-0.4, -0.2) is 55.0 Å². The monoisotopic (exact) mass is 265 g/mol. The molecular formula is C13H15NO5. The van der Waals surface area contributed by atoms with E-state index in [1.54, 1.807) is 4.90 Å². The van der Waals surface area contributed by atoms with Crippen LogP contribution in [-0.2, 0) is 23.8 Å². The van der Waals surface area contributed by atoms with Crippen molar-refractivity contribution in [3.05, 3.63) is 12.2 Å². The van der Waals surface area contributed by atoms with Crippen LogP contribution < -0.4 is 0 Å². The summed E-state index contributed by atoms with van der Waals surface area (Å²) in [7, 11) is 1.34. The molecular weight excluding hydrogens is 250 g/mol. The average molecular weight is 265 g/mol. The Kier molecular flexibility index (Phi) is 2.15. The minimum absolute atomic E-state index is 0.0491. The van der Waals surface area contributed by atoms with E-state index in [4.69, 9.17) is 14.2 Å². The van der Waals surface area contributed by atoms with Crippen molar-refractivity contribution >= 4 is 11.9 Å². The van der Waals surface area contributed by atoms with Crippen LogP contribution in [0.3, 0.4) is 0 Å². The molecule has 0 aromatic rings. The number of esters is 1. The van der Waals surface area contributed by atoms with Crippen molar-refractivity contribution in [2.24, 2.45) is 11.8 Å². The Hall–Kier alpha value is -1.40. The SMILES string of the molecule is COC(=O)[C@@H]1[C@H]2C=C[C@@]3(O2)[C@H]1C(=O)N1CCCO[C@@H]13. The standard InChI is InChI=1S/C13H15NO5/c1-17-11(16)8-7-3-4-13(19-7)9(8)10(15)14-5-2-6-18-12(13)14/h3-4,7-9,12H,2,5-6H2,1H3/t7-,8-,9-,12-,13-/m1/s1. The quantitative estimate of drug-likeness (QED) is 0.480. The molecule has 4 aliphatic heterocycles. The fourth-order valence-electron chi connectivity index (χ4n) is 3.86. The van der Waals surface area contributed by atoms with Gasteiger partial charge in [0.1, 0.15) is 11.5 Å². The Morgan fingerprint density at radius 3 is 3.21 bits per heavy atom. The van der Waals surface area contributed by atoms with E-state index in [2.05, 4.69) is 0 Å². The maximum Gasteiger partial charge on any atom is 0.312 e. The number of hydrogen-bond acceptors (Lipinski definition) is 5. The molecule has 0 saturated carbocycles. The Balaban J connectivity index is 1.79. The molecule has 102 valence electrons. The first-order valence-corrected chi connectivity index (χ1v) is 6.56.